The number of ether oxygens (including phenoxy) is 1. The topological polar surface area (TPSA) is 91.2 Å². The molecule has 0 bridgehead atoms. The molecular weight excluding hydrogens is 282 g/mol. The van der Waals surface area contributed by atoms with Gasteiger partial charge in [-0.15, -0.1) is 0 Å². The zero-order valence-electron chi connectivity index (χ0n) is 12.7. The first-order valence-corrected chi connectivity index (χ1v) is 7.35. The Balaban J connectivity index is 2.28. The number of carbonyl (C=O) groups is 2. The van der Waals surface area contributed by atoms with Crippen LogP contribution in [0.3, 0.4) is 0 Å². The van der Waals surface area contributed by atoms with E-state index in [9.17, 15) is 9.59 Å². The molecule has 2 amide bonds. The van der Waals surface area contributed by atoms with E-state index in [4.69, 9.17) is 10.00 Å². The Morgan fingerprint density at radius 3 is 2.64 bits per heavy atom. The van der Waals surface area contributed by atoms with E-state index in [1.54, 1.807) is 24.3 Å². The molecule has 0 saturated heterocycles. The average Bonchev–Trinajstić information content (AvgIpc) is 2.54. The molecule has 0 unspecified atom stereocenters. The van der Waals surface area contributed by atoms with Gasteiger partial charge in [0.1, 0.15) is 6.07 Å². The quantitative estimate of drug-likeness (QED) is 0.566. The Morgan fingerprint density at radius 2 is 1.91 bits per heavy atom. The van der Waals surface area contributed by atoms with Gasteiger partial charge in [0.2, 0.25) is 0 Å². The van der Waals surface area contributed by atoms with Crippen molar-refractivity contribution in [3.8, 4) is 6.07 Å². The van der Waals surface area contributed by atoms with Crippen LogP contribution in [0, 0.1) is 11.3 Å². The molecule has 6 heteroatoms. The third kappa shape index (κ3) is 6.37. The third-order valence-electron chi connectivity index (χ3n) is 2.90. The van der Waals surface area contributed by atoms with Crippen LogP contribution in [0.5, 0.6) is 0 Å². The van der Waals surface area contributed by atoms with Crippen molar-refractivity contribution < 1.29 is 14.3 Å². The number of hydrogen-bond donors (Lipinski definition) is 2. The van der Waals surface area contributed by atoms with Crippen molar-refractivity contribution in [3.05, 3.63) is 29.8 Å². The molecule has 0 saturated carbocycles. The fourth-order valence-electron chi connectivity index (χ4n) is 1.67. The number of unbranched alkanes of at least 4 members (excludes halogenated alkanes) is 1. The van der Waals surface area contributed by atoms with Crippen LogP contribution < -0.4 is 10.6 Å². The molecule has 22 heavy (non-hydrogen) atoms. The van der Waals surface area contributed by atoms with E-state index < -0.39 is 11.8 Å². The molecule has 0 heterocycles. The summed E-state index contributed by atoms with van der Waals surface area (Å²) in [5, 5.41) is 13.9. The van der Waals surface area contributed by atoms with Crippen LogP contribution >= 0.6 is 0 Å². The lowest BCUT2D eigenvalue weighted by molar-refractivity contribution is -0.136. The van der Waals surface area contributed by atoms with E-state index in [0.29, 0.717) is 30.8 Å². The molecule has 0 aromatic heterocycles. The van der Waals surface area contributed by atoms with Crippen molar-refractivity contribution >= 4 is 17.5 Å². The molecule has 0 atom stereocenters. The fourth-order valence-corrected chi connectivity index (χ4v) is 1.67. The van der Waals surface area contributed by atoms with Crippen LogP contribution in [0.2, 0.25) is 0 Å². The normalized spacial score (nSPS) is 9.82. The number of amides is 2. The maximum atomic E-state index is 11.7. The number of nitrogens with zero attached hydrogens (tertiary/aromatic N) is 1. The Labute approximate surface area is 130 Å². The van der Waals surface area contributed by atoms with E-state index >= 15 is 0 Å². The summed E-state index contributed by atoms with van der Waals surface area (Å²) in [6.07, 6.45) is 2.76. The maximum Gasteiger partial charge on any atom is 0.313 e. The van der Waals surface area contributed by atoms with Crippen molar-refractivity contribution in [2.45, 2.75) is 26.2 Å². The highest BCUT2D eigenvalue weighted by atomic mass is 16.5. The lowest BCUT2D eigenvalue weighted by atomic mass is 10.2. The highest BCUT2D eigenvalue weighted by Crippen LogP contribution is 2.12. The molecule has 0 radical (unpaired) electrons. The van der Waals surface area contributed by atoms with Gasteiger partial charge >= 0.3 is 11.8 Å². The largest absolute Gasteiger partial charge is 0.381 e. The van der Waals surface area contributed by atoms with Crippen molar-refractivity contribution in [3.63, 3.8) is 0 Å². The summed E-state index contributed by atoms with van der Waals surface area (Å²) in [7, 11) is 0. The second kappa shape index (κ2) is 10.4. The summed E-state index contributed by atoms with van der Waals surface area (Å²) < 4.78 is 5.35. The van der Waals surface area contributed by atoms with Gasteiger partial charge in [-0.1, -0.05) is 25.5 Å². The van der Waals surface area contributed by atoms with Crippen LogP contribution in [0.15, 0.2) is 24.3 Å². The molecule has 0 aliphatic heterocycles. The SMILES string of the molecule is CCCCOCCCNC(=O)C(=O)Nc1ccccc1C#N. The zero-order valence-corrected chi connectivity index (χ0v) is 12.7. The molecule has 0 spiro atoms. The molecule has 118 valence electrons. The first kappa shape index (κ1) is 17.7. The van der Waals surface area contributed by atoms with E-state index in [-0.39, 0.29) is 0 Å². The number of para-hydroxylation sites is 1. The lowest BCUT2D eigenvalue weighted by Crippen LogP contribution is -2.36. The molecule has 2 N–H and O–H groups in total. The summed E-state index contributed by atoms with van der Waals surface area (Å²) in [5.41, 5.74) is 0.640. The summed E-state index contributed by atoms with van der Waals surface area (Å²) >= 11 is 0. The first-order valence-electron chi connectivity index (χ1n) is 7.35. The Bertz CT molecular complexity index is 538. The monoisotopic (exact) mass is 303 g/mol. The highest BCUT2D eigenvalue weighted by Gasteiger charge is 2.14. The fraction of sp³-hybridized carbons (Fsp3) is 0.438. The molecular formula is C16H21N3O3. The van der Waals surface area contributed by atoms with Crippen LogP contribution in [-0.2, 0) is 14.3 Å². The number of carbonyl (C=O) groups excluding carboxylic acids is 2. The van der Waals surface area contributed by atoms with Crippen LogP contribution in [0.1, 0.15) is 31.7 Å². The van der Waals surface area contributed by atoms with Gasteiger partial charge in [-0.3, -0.25) is 9.59 Å². The van der Waals surface area contributed by atoms with E-state index in [0.717, 1.165) is 19.4 Å². The predicted octanol–water partition coefficient (Wildman–Crippen LogP) is 1.82. The van der Waals surface area contributed by atoms with E-state index in [2.05, 4.69) is 17.6 Å². The molecule has 0 aliphatic carbocycles. The maximum absolute atomic E-state index is 11.7. The lowest BCUT2D eigenvalue weighted by Gasteiger charge is -2.08. The first-order chi connectivity index (χ1) is 10.7. The molecule has 1 rings (SSSR count). The molecule has 1 aromatic carbocycles. The zero-order chi connectivity index (χ0) is 16.2. The number of rotatable bonds is 8. The van der Waals surface area contributed by atoms with Crippen molar-refractivity contribution in [1.29, 1.82) is 5.26 Å². The van der Waals surface area contributed by atoms with Crippen LogP contribution in [0.25, 0.3) is 0 Å². The minimum absolute atomic E-state index is 0.313. The highest BCUT2D eigenvalue weighted by molar-refractivity contribution is 6.39. The second-order valence-electron chi connectivity index (χ2n) is 4.69. The van der Waals surface area contributed by atoms with Crippen molar-refractivity contribution in [2.24, 2.45) is 0 Å². The minimum Gasteiger partial charge on any atom is -0.381 e. The summed E-state index contributed by atoms with van der Waals surface area (Å²) in [6.45, 7) is 3.74. The number of hydrogen-bond acceptors (Lipinski definition) is 4. The second-order valence-corrected chi connectivity index (χ2v) is 4.69. The van der Waals surface area contributed by atoms with Gasteiger partial charge < -0.3 is 15.4 Å². The number of nitrogens with one attached hydrogen (secondary N) is 2. The Kier molecular flexibility index (Phi) is 8.31. The van der Waals surface area contributed by atoms with Gasteiger partial charge in [0, 0.05) is 19.8 Å². The molecule has 0 fully saturated rings. The third-order valence-corrected chi connectivity index (χ3v) is 2.90. The van der Waals surface area contributed by atoms with E-state index in [1.807, 2.05) is 6.07 Å². The summed E-state index contributed by atoms with van der Waals surface area (Å²) in [4.78, 5) is 23.4. The van der Waals surface area contributed by atoms with E-state index in [1.165, 1.54) is 0 Å². The smallest absolute Gasteiger partial charge is 0.313 e. The predicted molar refractivity (Wildman–Crippen MR) is 83.1 cm³/mol. The number of anilines is 1. The van der Waals surface area contributed by atoms with Crippen molar-refractivity contribution in [2.75, 3.05) is 25.1 Å². The summed E-state index contributed by atoms with van der Waals surface area (Å²) in [5.74, 6) is -1.50. The van der Waals surface area contributed by atoms with Gasteiger partial charge in [0.15, 0.2) is 0 Å². The van der Waals surface area contributed by atoms with Crippen molar-refractivity contribution in [1.82, 2.24) is 5.32 Å². The van der Waals surface area contributed by atoms with Gasteiger partial charge in [0.25, 0.3) is 0 Å². The van der Waals surface area contributed by atoms with Crippen LogP contribution in [-0.4, -0.2) is 31.6 Å². The number of benzene rings is 1. The molecule has 6 nitrogen and oxygen atoms in total. The molecule has 1 aromatic rings. The van der Waals surface area contributed by atoms with Gasteiger partial charge in [-0.05, 0) is 25.0 Å². The standard InChI is InChI=1S/C16H21N3O3/c1-2-3-10-22-11-6-9-18-15(20)16(21)19-14-8-5-4-7-13(14)12-17/h4-5,7-8H,2-3,6,9-11H2,1H3,(H,18,20)(H,19,21). The van der Waals surface area contributed by atoms with Gasteiger partial charge in [0.05, 0.1) is 11.3 Å². The summed E-state index contributed by atoms with van der Waals surface area (Å²) in [6, 6.07) is 8.47. The minimum atomic E-state index is -0.783. The van der Waals surface area contributed by atoms with Gasteiger partial charge in [-0.2, -0.15) is 5.26 Å². The molecule has 0 aliphatic rings. The Hall–Kier alpha value is -2.39. The Morgan fingerprint density at radius 1 is 1.18 bits per heavy atom. The van der Waals surface area contributed by atoms with Gasteiger partial charge in [-0.25, -0.2) is 0 Å². The average molecular weight is 303 g/mol. The number of nitriles is 1. The van der Waals surface area contributed by atoms with Crippen LogP contribution in [0.4, 0.5) is 5.69 Å².